The third kappa shape index (κ3) is 2.81. The van der Waals surface area contributed by atoms with Gasteiger partial charge < -0.3 is 20.4 Å². The van der Waals surface area contributed by atoms with E-state index in [1.165, 1.54) is 4.90 Å². The molecule has 2 aliphatic heterocycles. The molecule has 2 unspecified atom stereocenters. The summed E-state index contributed by atoms with van der Waals surface area (Å²) < 4.78 is 0. The number of carboxylic acids is 1. The first-order valence-corrected chi connectivity index (χ1v) is 7.43. The quantitative estimate of drug-likeness (QED) is 0.686. The molecular weight excluding hydrogens is 260 g/mol. The standard InChI is InChI=1S/C14H24N2O4/c1-2-3-14(4-6-15-7-5-14)13(20)16-9-10(17)8-11(16)12(18)19/h10-11,15,17H,2-9H2,1H3,(H,18,19). The highest BCUT2D eigenvalue weighted by atomic mass is 16.4. The fourth-order valence-electron chi connectivity index (χ4n) is 3.53. The van der Waals surface area contributed by atoms with E-state index in [0.717, 1.165) is 38.8 Å². The molecule has 2 rings (SSSR count). The van der Waals surface area contributed by atoms with Crippen LogP contribution in [0.5, 0.6) is 0 Å². The van der Waals surface area contributed by atoms with Gasteiger partial charge in [-0.2, -0.15) is 0 Å². The number of hydrogen-bond donors (Lipinski definition) is 3. The van der Waals surface area contributed by atoms with Crippen LogP contribution in [0.15, 0.2) is 0 Å². The van der Waals surface area contributed by atoms with E-state index in [0.29, 0.717) is 0 Å². The van der Waals surface area contributed by atoms with Gasteiger partial charge in [-0.25, -0.2) is 4.79 Å². The zero-order chi connectivity index (χ0) is 14.8. The Hall–Kier alpha value is -1.14. The highest BCUT2D eigenvalue weighted by molar-refractivity contribution is 5.88. The molecule has 20 heavy (non-hydrogen) atoms. The number of aliphatic carboxylic acids is 1. The number of amides is 1. The first-order chi connectivity index (χ1) is 9.50. The van der Waals surface area contributed by atoms with Crippen molar-refractivity contribution in [3.63, 3.8) is 0 Å². The van der Waals surface area contributed by atoms with Gasteiger partial charge in [-0.1, -0.05) is 13.3 Å². The topological polar surface area (TPSA) is 89.9 Å². The Morgan fingerprint density at radius 3 is 2.55 bits per heavy atom. The van der Waals surface area contributed by atoms with Crippen molar-refractivity contribution in [3.8, 4) is 0 Å². The van der Waals surface area contributed by atoms with Crippen LogP contribution in [0.4, 0.5) is 0 Å². The maximum absolute atomic E-state index is 12.9. The minimum atomic E-state index is -1.02. The maximum Gasteiger partial charge on any atom is 0.326 e. The largest absolute Gasteiger partial charge is 0.480 e. The Morgan fingerprint density at radius 1 is 1.35 bits per heavy atom. The number of β-amino-alcohol motifs (C(OH)–C–C–N with tert-alkyl or cyclic N) is 1. The van der Waals surface area contributed by atoms with Gasteiger partial charge in [0.2, 0.25) is 5.91 Å². The lowest BCUT2D eigenvalue weighted by atomic mass is 9.74. The molecule has 0 spiro atoms. The second-order valence-electron chi connectivity index (χ2n) is 5.98. The Kier molecular flexibility index (Phi) is 4.65. The van der Waals surface area contributed by atoms with Crippen LogP contribution in [-0.4, -0.2) is 58.8 Å². The lowest BCUT2D eigenvalue weighted by molar-refractivity contribution is -0.154. The number of carboxylic acid groups (broad SMARTS) is 1. The summed E-state index contributed by atoms with van der Waals surface area (Å²) in [6, 6.07) is -0.874. The van der Waals surface area contributed by atoms with E-state index in [4.69, 9.17) is 0 Å². The molecule has 0 saturated carbocycles. The van der Waals surface area contributed by atoms with Crippen molar-refractivity contribution in [1.29, 1.82) is 0 Å². The second kappa shape index (κ2) is 6.10. The van der Waals surface area contributed by atoms with Crippen molar-refractivity contribution >= 4 is 11.9 Å². The van der Waals surface area contributed by atoms with Crippen molar-refractivity contribution in [2.45, 2.75) is 51.2 Å². The summed E-state index contributed by atoms with van der Waals surface area (Å²) in [4.78, 5) is 25.6. The maximum atomic E-state index is 12.9. The highest BCUT2D eigenvalue weighted by Gasteiger charge is 2.47. The molecule has 6 heteroatoms. The number of likely N-dealkylation sites (tertiary alicyclic amines) is 1. The zero-order valence-electron chi connectivity index (χ0n) is 12.0. The number of hydrogen-bond acceptors (Lipinski definition) is 4. The summed E-state index contributed by atoms with van der Waals surface area (Å²) in [6.45, 7) is 3.78. The number of carbonyl (C=O) groups is 2. The van der Waals surface area contributed by atoms with Gasteiger partial charge in [-0.3, -0.25) is 4.79 Å². The van der Waals surface area contributed by atoms with Gasteiger partial charge >= 0.3 is 5.97 Å². The lowest BCUT2D eigenvalue weighted by Crippen LogP contribution is -2.52. The van der Waals surface area contributed by atoms with Crippen molar-refractivity contribution in [2.75, 3.05) is 19.6 Å². The van der Waals surface area contributed by atoms with E-state index in [1.54, 1.807) is 0 Å². The molecule has 0 aromatic carbocycles. The molecule has 0 radical (unpaired) electrons. The Balaban J connectivity index is 2.20. The minimum absolute atomic E-state index is 0.0789. The highest BCUT2D eigenvalue weighted by Crippen LogP contribution is 2.38. The summed E-state index contributed by atoms with van der Waals surface area (Å²) in [7, 11) is 0. The molecular formula is C14H24N2O4. The van der Waals surface area contributed by atoms with Crippen LogP contribution >= 0.6 is 0 Å². The van der Waals surface area contributed by atoms with Gasteiger partial charge in [0.1, 0.15) is 6.04 Å². The van der Waals surface area contributed by atoms with Crippen molar-refractivity contribution in [2.24, 2.45) is 5.41 Å². The van der Waals surface area contributed by atoms with Crippen LogP contribution in [0, 0.1) is 5.41 Å². The normalized spacial score (nSPS) is 29.4. The van der Waals surface area contributed by atoms with E-state index >= 15 is 0 Å². The van der Waals surface area contributed by atoms with Gasteiger partial charge in [0.05, 0.1) is 11.5 Å². The Labute approximate surface area is 119 Å². The summed E-state index contributed by atoms with van der Waals surface area (Å²) in [5.41, 5.74) is -0.447. The molecule has 0 aromatic rings. The molecule has 2 fully saturated rings. The summed E-state index contributed by atoms with van der Waals surface area (Å²) in [6.07, 6.45) is 2.60. The number of aliphatic hydroxyl groups excluding tert-OH is 1. The van der Waals surface area contributed by atoms with E-state index in [-0.39, 0.29) is 18.9 Å². The van der Waals surface area contributed by atoms with Crippen LogP contribution in [0.25, 0.3) is 0 Å². The average molecular weight is 284 g/mol. The smallest absolute Gasteiger partial charge is 0.326 e. The van der Waals surface area contributed by atoms with Gasteiger partial charge in [-0.15, -0.1) is 0 Å². The van der Waals surface area contributed by atoms with Gasteiger partial charge in [0.25, 0.3) is 0 Å². The Morgan fingerprint density at radius 2 is 2.00 bits per heavy atom. The first kappa shape index (κ1) is 15.3. The van der Waals surface area contributed by atoms with Crippen LogP contribution in [0.3, 0.4) is 0 Å². The third-order valence-corrected chi connectivity index (χ3v) is 4.57. The van der Waals surface area contributed by atoms with E-state index in [2.05, 4.69) is 5.32 Å². The Bertz CT molecular complexity index is 374. The van der Waals surface area contributed by atoms with E-state index in [1.807, 2.05) is 6.92 Å². The number of nitrogens with one attached hydrogen (secondary N) is 1. The average Bonchev–Trinajstić information content (AvgIpc) is 2.81. The summed E-state index contributed by atoms with van der Waals surface area (Å²) in [5, 5.41) is 22.2. The van der Waals surface area contributed by atoms with Crippen molar-refractivity contribution in [1.82, 2.24) is 10.2 Å². The number of nitrogens with zero attached hydrogens (tertiary/aromatic N) is 1. The van der Waals surface area contributed by atoms with E-state index < -0.39 is 23.5 Å². The molecule has 2 atom stereocenters. The monoisotopic (exact) mass is 284 g/mol. The van der Waals surface area contributed by atoms with Crippen molar-refractivity contribution < 1.29 is 19.8 Å². The number of piperidine rings is 1. The summed E-state index contributed by atoms with van der Waals surface area (Å²) >= 11 is 0. The van der Waals surface area contributed by atoms with Gasteiger partial charge in [0, 0.05) is 13.0 Å². The minimum Gasteiger partial charge on any atom is -0.480 e. The third-order valence-electron chi connectivity index (χ3n) is 4.57. The van der Waals surface area contributed by atoms with Crippen molar-refractivity contribution in [3.05, 3.63) is 0 Å². The molecule has 2 saturated heterocycles. The number of carbonyl (C=O) groups excluding carboxylic acids is 1. The number of rotatable bonds is 4. The van der Waals surface area contributed by atoms with Crippen LogP contribution < -0.4 is 5.32 Å². The fraction of sp³-hybridized carbons (Fsp3) is 0.857. The van der Waals surface area contributed by atoms with Crippen LogP contribution in [0.2, 0.25) is 0 Å². The summed E-state index contributed by atoms with van der Waals surface area (Å²) in [5.74, 6) is -1.10. The van der Waals surface area contributed by atoms with Crippen LogP contribution in [0.1, 0.15) is 39.0 Å². The van der Waals surface area contributed by atoms with Crippen LogP contribution in [-0.2, 0) is 9.59 Å². The molecule has 0 aromatic heterocycles. The van der Waals surface area contributed by atoms with E-state index in [9.17, 15) is 19.8 Å². The molecule has 2 heterocycles. The molecule has 0 aliphatic carbocycles. The molecule has 0 bridgehead atoms. The molecule has 1 amide bonds. The lowest BCUT2D eigenvalue weighted by Gasteiger charge is -2.40. The first-order valence-electron chi connectivity index (χ1n) is 7.43. The molecule has 114 valence electrons. The van der Waals surface area contributed by atoms with Gasteiger partial charge in [0.15, 0.2) is 0 Å². The van der Waals surface area contributed by atoms with Gasteiger partial charge in [-0.05, 0) is 32.4 Å². The number of aliphatic hydroxyl groups is 1. The fourth-order valence-corrected chi connectivity index (χ4v) is 3.53. The molecule has 3 N–H and O–H groups in total. The molecule has 6 nitrogen and oxygen atoms in total. The SMILES string of the molecule is CCCC1(C(=O)N2CC(O)CC2C(=O)O)CCNCC1. The molecule has 2 aliphatic rings. The zero-order valence-corrected chi connectivity index (χ0v) is 12.0. The predicted octanol–water partition coefficient (Wildman–Crippen LogP) is 0.203. The predicted molar refractivity (Wildman–Crippen MR) is 73.2 cm³/mol. The second-order valence-corrected chi connectivity index (χ2v) is 5.98.